The highest BCUT2D eigenvalue weighted by Crippen LogP contribution is 2.44. The van der Waals surface area contributed by atoms with Gasteiger partial charge in [-0.2, -0.15) is 0 Å². The number of benzene rings is 3. The van der Waals surface area contributed by atoms with E-state index >= 15 is 0 Å². The van der Waals surface area contributed by atoms with Crippen LogP contribution in [0, 0.1) is 13.8 Å². The van der Waals surface area contributed by atoms with Crippen LogP contribution in [0.15, 0.2) is 66.2 Å². The molecule has 4 rings (SSSR count). The van der Waals surface area contributed by atoms with Gasteiger partial charge >= 0.3 is 0 Å². The number of amides is 1. The van der Waals surface area contributed by atoms with E-state index in [4.69, 9.17) is 14.2 Å². The number of aliphatic hydroxyl groups is 1. The molecule has 1 saturated heterocycles. The Balaban J connectivity index is 1.83. The predicted molar refractivity (Wildman–Crippen MR) is 156 cm³/mol. The van der Waals surface area contributed by atoms with Gasteiger partial charge in [0.05, 0.1) is 31.9 Å². The summed E-state index contributed by atoms with van der Waals surface area (Å²) in [5.41, 5.74) is 3.52. The smallest absolute Gasteiger partial charge is 0.300 e. The van der Waals surface area contributed by atoms with Crippen molar-refractivity contribution >= 4 is 23.1 Å². The minimum absolute atomic E-state index is 0.00777. The fourth-order valence-electron chi connectivity index (χ4n) is 5.04. The van der Waals surface area contributed by atoms with E-state index in [0.29, 0.717) is 47.3 Å². The second-order valence-electron chi connectivity index (χ2n) is 9.94. The summed E-state index contributed by atoms with van der Waals surface area (Å²) in [5.74, 6) is -0.0176. The van der Waals surface area contributed by atoms with E-state index < -0.39 is 17.7 Å². The Morgan fingerprint density at radius 2 is 1.57 bits per heavy atom. The second kappa shape index (κ2) is 12.7. The van der Waals surface area contributed by atoms with Gasteiger partial charge in [-0.05, 0) is 92.4 Å². The standard InChI is InChI=1S/C33H37NO6/c1-6-8-9-16-40-26-13-10-23(11-14-26)31(35)29-30(24-12-15-27(38-5)28(20-24)39-7-2)34(33(37)32(29)36)25-18-21(3)17-22(4)19-25/h10-15,17-20,30,35H,6-9,16H2,1-5H3/b31-29-. The number of nitrogens with zero attached hydrogens (tertiary/aromatic N) is 1. The molecule has 0 spiro atoms. The molecule has 210 valence electrons. The van der Waals surface area contributed by atoms with Crippen molar-refractivity contribution in [3.63, 3.8) is 0 Å². The van der Waals surface area contributed by atoms with Crippen LogP contribution >= 0.6 is 0 Å². The molecule has 7 nitrogen and oxygen atoms in total. The van der Waals surface area contributed by atoms with Crippen molar-refractivity contribution in [2.45, 2.75) is 53.0 Å². The first-order valence-corrected chi connectivity index (χ1v) is 13.7. The third kappa shape index (κ3) is 5.98. The van der Waals surface area contributed by atoms with Crippen LogP contribution in [0.4, 0.5) is 5.69 Å². The van der Waals surface area contributed by atoms with E-state index in [9.17, 15) is 14.7 Å². The number of ketones is 1. The van der Waals surface area contributed by atoms with Crippen molar-refractivity contribution < 1.29 is 28.9 Å². The summed E-state index contributed by atoms with van der Waals surface area (Å²) in [7, 11) is 1.55. The molecule has 1 atom stereocenters. The maximum absolute atomic E-state index is 13.6. The second-order valence-corrected chi connectivity index (χ2v) is 9.94. The Kier molecular flexibility index (Phi) is 9.15. The first-order valence-electron chi connectivity index (χ1n) is 13.7. The lowest BCUT2D eigenvalue weighted by Crippen LogP contribution is -2.29. The van der Waals surface area contributed by atoms with E-state index in [1.54, 1.807) is 49.6 Å². The van der Waals surface area contributed by atoms with Gasteiger partial charge in [0.25, 0.3) is 11.7 Å². The highest BCUT2D eigenvalue weighted by molar-refractivity contribution is 6.51. The van der Waals surface area contributed by atoms with E-state index in [1.807, 2.05) is 39.0 Å². The molecule has 40 heavy (non-hydrogen) atoms. The van der Waals surface area contributed by atoms with Crippen LogP contribution in [0.1, 0.15) is 61.4 Å². The van der Waals surface area contributed by atoms with Crippen LogP contribution in [0.2, 0.25) is 0 Å². The quantitative estimate of drug-likeness (QED) is 0.122. The molecule has 1 aliphatic rings. The number of unbranched alkanes of at least 4 members (excludes halogenated alkanes) is 2. The van der Waals surface area contributed by atoms with Crippen molar-refractivity contribution in [3.8, 4) is 17.2 Å². The number of hydrogen-bond donors (Lipinski definition) is 1. The topological polar surface area (TPSA) is 85.3 Å². The molecule has 1 unspecified atom stereocenters. The molecule has 1 heterocycles. The molecule has 0 aliphatic carbocycles. The Bertz CT molecular complexity index is 1390. The molecule has 1 N–H and O–H groups in total. The van der Waals surface area contributed by atoms with Gasteiger partial charge in [-0.25, -0.2) is 0 Å². The minimum atomic E-state index is -0.878. The normalized spacial score (nSPS) is 16.3. The fraction of sp³-hybridized carbons (Fsp3) is 0.333. The summed E-state index contributed by atoms with van der Waals surface area (Å²) in [5, 5.41) is 11.5. The van der Waals surface area contributed by atoms with Gasteiger partial charge in [0.15, 0.2) is 11.5 Å². The number of aliphatic hydroxyl groups excluding tert-OH is 1. The van der Waals surface area contributed by atoms with Crippen LogP contribution in [-0.4, -0.2) is 37.1 Å². The zero-order valence-corrected chi connectivity index (χ0v) is 23.8. The van der Waals surface area contributed by atoms with Crippen LogP contribution in [0.5, 0.6) is 17.2 Å². The first-order chi connectivity index (χ1) is 19.3. The summed E-state index contributed by atoms with van der Waals surface area (Å²) < 4.78 is 17.0. The van der Waals surface area contributed by atoms with Crippen molar-refractivity contribution in [1.29, 1.82) is 0 Å². The van der Waals surface area contributed by atoms with Crippen LogP contribution in [0.3, 0.4) is 0 Å². The lowest BCUT2D eigenvalue weighted by molar-refractivity contribution is -0.132. The number of methoxy groups -OCH3 is 1. The monoisotopic (exact) mass is 543 g/mol. The largest absolute Gasteiger partial charge is 0.507 e. The highest BCUT2D eigenvalue weighted by Gasteiger charge is 2.47. The van der Waals surface area contributed by atoms with Crippen molar-refractivity contribution in [2.24, 2.45) is 0 Å². The summed E-state index contributed by atoms with van der Waals surface area (Å²) in [6.45, 7) is 8.90. The van der Waals surface area contributed by atoms with Gasteiger partial charge in [0.1, 0.15) is 11.5 Å². The number of hydrogen-bond acceptors (Lipinski definition) is 6. The average molecular weight is 544 g/mol. The molecular formula is C33H37NO6. The van der Waals surface area contributed by atoms with Gasteiger partial charge < -0.3 is 19.3 Å². The Labute approximate surface area is 236 Å². The molecule has 1 amide bonds. The van der Waals surface area contributed by atoms with Gasteiger partial charge in [-0.3, -0.25) is 14.5 Å². The molecule has 1 fully saturated rings. The van der Waals surface area contributed by atoms with Gasteiger partial charge in [0.2, 0.25) is 0 Å². The zero-order valence-electron chi connectivity index (χ0n) is 23.8. The molecule has 0 radical (unpaired) electrons. The van der Waals surface area contributed by atoms with E-state index in [1.165, 1.54) is 4.90 Å². The number of ether oxygens (including phenoxy) is 3. The summed E-state index contributed by atoms with van der Waals surface area (Å²) in [4.78, 5) is 28.6. The van der Waals surface area contributed by atoms with E-state index in [-0.39, 0.29) is 11.3 Å². The Hall–Kier alpha value is -4.26. The molecule has 0 saturated carbocycles. The third-order valence-electron chi connectivity index (χ3n) is 6.88. The summed E-state index contributed by atoms with van der Waals surface area (Å²) >= 11 is 0. The molecule has 3 aromatic rings. The number of aryl methyl sites for hydroxylation is 2. The lowest BCUT2D eigenvalue weighted by Gasteiger charge is -2.26. The maximum atomic E-state index is 13.6. The number of carbonyl (C=O) groups excluding carboxylic acids is 2. The fourth-order valence-corrected chi connectivity index (χ4v) is 5.04. The molecule has 0 aromatic heterocycles. The van der Waals surface area contributed by atoms with Crippen molar-refractivity contribution in [1.82, 2.24) is 0 Å². The first kappa shape index (κ1) is 28.7. The molecular weight excluding hydrogens is 506 g/mol. The van der Waals surface area contributed by atoms with Gasteiger partial charge in [0, 0.05) is 11.3 Å². The molecule has 7 heteroatoms. The number of Topliss-reactive ketones (excluding diaryl/α,β-unsaturated/α-hetero) is 1. The van der Waals surface area contributed by atoms with Crippen molar-refractivity contribution in [2.75, 3.05) is 25.2 Å². The number of rotatable bonds is 11. The Morgan fingerprint density at radius 1 is 0.875 bits per heavy atom. The van der Waals surface area contributed by atoms with Crippen molar-refractivity contribution in [3.05, 3.63) is 88.5 Å². The summed E-state index contributed by atoms with van der Waals surface area (Å²) in [6.07, 6.45) is 3.17. The van der Waals surface area contributed by atoms with E-state index in [2.05, 4.69) is 6.92 Å². The Morgan fingerprint density at radius 3 is 2.20 bits per heavy atom. The average Bonchev–Trinajstić information content (AvgIpc) is 3.20. The zero-order chi connectivity index (χ0) is 28.8. The summed E-state index contributed by atoms with van der Waals surface area (Å²) in [6, 6.07) is 17.1. The number of carbonyl (C=O) groups is 2. The molecule has 0 bridgehead atoms. The molecule has 3 aromatic carbocycles. The highest BCUT2D eigenvalue weighted by atomic mass is 16.5. The third-order valence-corrected chi connectivity index (χ3v) is 6.88. The maximum Gasteiger partial charge on any atom is 0.300 e. The number of anilines is 1. The lowest BCUT2D eigenvalue weighted by atomic mass is 9.94. The van der Waals surface area contributed by atoms with E-state index in [0.717, 1.165) is 30.4 Å². The van der Waals surface area contributed by atoms with Gasteiger partial charge in [-0.15, -0.1) is 0 Å². The van der Waals surface area contributed by atoms with Gasteiger partial charge in [-0.1, -0.05) is 31.9 Å². The SMILES string of the molecule is CCCCCOc1ccc(/C(O)=C2/C(=O)C(=O)N(c3cc(C)cc(C)c3)C2c2ccc(OC)c(OCC)c2)cc1. The molecule has 1 aliphatic heterocycles. The van der Waals surface area contributed by atoms with Crippen LogP contribution < -0.4 is 19.1 Å². The van der Waals surface area contributed by atoms with Crippen LogP contribution in [0.25, 0.3) is 5.76 Å². The van der Waals surface area contributed by atoms with Crippen LogP contribution in [-0.2, 0) is 9.59 Å². The minimum Gasteiger partial charge on any atom is -0.507 e. The predicted octanol–water partition coefficient (Wildman–Crippen LogP) is 6.91.